The average molecular weight is 452 g/mol. The summed E-state index contributed by atoms with van der Waals surface area (Å²) in [4.78, 5) is 11.6. The van der Waals surface area contributed by atoms with Gasteiger partial charge in [0.2, 0.25) is 5.90 Å². The highest BCUT2D eigenvalue weighted by Crippen LogP contribution is 2.41. The van der Waals surface area contributed by atoms with Crippen molar-refractivity contribution in [1.82, 2.24) is 9.97 Å². The van der Waals surface area contributed by atoms with E-state index in [4.69, 9.17) is 16.3 Å². The van der Waals surface area contributed by atoms with Gasteiger partial charge in [-0.3, -0.25) is 4.99 Å². The lowest BCUT2D eigenvalue weighted by Gasteiger charge is -2.18. The molecule has 2 aromatic heterocycles. The van der Waals surface area contributed by atoms with Gasteiger partial charge in [-0.05, 0) is 30.7 Å². The molecule has 0 aliphatic heterocycles. The number of ether oxygens (including phenoxy) is 2. The molecule has 1 unspecified atom stereocenters. The molecule has 0 aliphatic rings. The van der Waals surface area contributed by atoms with E-state index in [9.17, 15) is 13.2 Å². The van der Waals surface area contributed by atoms with Gasteiger partial charge in [-0.1, -0.05) is 24.6 Å². The molecule has 0 bridgehead atoms. The van der Waals surface area contributed by atoms with Crippen LogP contribution in [0.5, 0.6) is 5.75 Å². The fourth-order valence-corrected chi connectivity index (χ4v) is 3.89. The van der Waals surface area contributed by atoms with Crippen LogP contribution in [0.2, 0.25) is 5.02 Å². The number of hydrogen-bond donors (Lipinski definition) is 1. The molecule has 31 heavy (non-hydrogen) atoms. The van der Waals surface area contributed by atoms with Crippen molar-refractivity contribution in [1.29, 1.82) is 0 Å². The second-order valence-electron chi connectivity index (χ2n) is 6.67. The van der Waals surface area contributed by atoms with E-state index in [0.717, 1.165) is 28.7 Å². The Morgan fingerprint density at radius 1 is 1.32 bits per heavy atom. The minimum atomic E-state index is -3.07. The molecule has 0 spiro atoms. The number of pyridine rings is 1. The van der Waals surface area contributed by atoms with Gasteiger partial charge in [-0.2, -0.15) is 8.78 Å². The van der Waals surface area contributed by atoms with Gasteiger partial charge in [0.15, 0.2) is 0 Å². The van der Waals surface area contributed by atoms with Crippen molar-refractivity contribution < 1.29 is 22.6 Å². The molecule has 2 heterocycles. The average Bonchev–Trinajstić information content (AvgIpc) is 3.17. The molecule has 1 N–H and O–H groups in total. The van der Waals surface area contributed by atoms with Gasteiger partial charge < -0.3 is 14.5 Å². The van der Waals surface area contributed by atoms with Crippen molar-refractivity contribution in [2.45, 2.75) is 26.4 Å². The summed E-state index contributed by atoms with van der Waals surface area (Å²) in [6.07, 6.45) is 5.22. The van der Waals surface area contributed by atoms with Crippen molar-refractivity contribution in [2.24, 2.45) is 4.99 Å². The lowest BCUT2D eigenvalue weighted by molar-refractivity contribution is -0.0505. The monoisotopic (exact) mass is 451 g/mol. The molecular weight excluding hydrogens is 431 g/mol. The van der Waals surface area contributed by atoms with Crippen LogP contribution in [-0.2, 0) is 4.74 Å². The number of halogens is 4. The summed E-state index contributed by atoms with van der Waals surface area (Å²) in [5.41, 5.74) is 2.90. The van der Waals surface area contributed by atoms with E-state index in [1.807, 2.05) is 19.1 Å². The highest BCUT2D eigenvalue weighted by molar-refractivity contribution is 6.31. The second-order valence-corrected chi connectivity index (χ2v) is 7.05. The SMILES string of the molecule is C/C=C(\C(=NC)OC)c1cnc2[nH]cc(C(C)c3c(OC(F)F)ccc(F)c3Cl)c2c1. The first-order chi connectivity index (χ1) is 14.8. The summed E-state index contributed by atoms with van der Waals surface area (Å²) >= 11 is 6.16. The molecule has 9 heteroatoms. The summed E-state index contributed by atoms with van der Waals surface area (Å²) in [5.74, 6) is -1.03. The van der Waals surface area contributed by atoms with Crippen LogP contribution in [0.1, 0.15) is 36.5 Å². The Hall–Kier alpha value is -3.00. The first kappa shape index (κ1) is 22.7. The minimum absolute atomic E-state index is 0.132. The van der Waals surface area contributed by atoms with E-state index in [2.05, 4.69) is 19.7 Å². The topological polar surface area (TPSA) is 59.5 Å². The smallest absolute Gasteiger partial charge is 0.387 e. The fraction of sp³-hybridized carbons (Fsp3) is 0.273. The molecule has 0 fully saturated rings. The van der Waals surface area contributed by atoms with Crippen molar-refractivity contribution in [3.05, 3.63) is 64.2 Å². The number of H-pyrrole nitrogens is 1. The van der Waals surface area contributed by atoms with Gasteiger partial charge in [0.25, 0.3) is 0 Å². The number of aromatic nitrogens is 2. The zero-order valence-corrected chi connectivity index (χ0v) is 18.1. The highest BCUT2D eigenvalue weighted by atomic mass is 35.5. The van der Waals surface area contributed by atoms with E-state index in [0.29, 0.717) is 17.1 Å². The van der Waals surface area contributed by atoms with E-state index >= 15 is 0 Å². The Kier molecular flexibility index (Phi) is 6.90. The zero-order valence-electron chi connectivity index (χ0n) is 17.3. The number of aromatic amines is 1. The van der Waals surface area contributed by atoms with Crippen molar-refractivity contribution >= 4 is 34.1 Å². The second kappa shape index (κ2) is 9.43. The lowest BCUT2D eigenvalue weighted by Crippen LogP contribution is -2.08. The number of hydrogen-bond acceptors (Lipinski definition) is 4. The third-order valence-corrected chi connectivity index (χ3v) is 5.38. The molecule has 1 aromatic carbocycles. The van der Waals surface area contributed by atoms with Gasteiger partial charge in [0.05, 0.1) is 12.1 Å². The fourth-order valence-electron chi connectivity index (χ4n) is 3.57. The van der Waals surface area contributed by atoms with Crippen molar-refractivity contribution in [3.63, 3.8) is 0 Å². The van der Waals surface area contributed by atoms with Crippen molar-refractivity contribution in [2.75, 3.05) is 14.2 Å². The molecule has 164 valence electrons. The highest BCUT2D eigenvalue weighted by Gasteiger charge is 2.25. The molecule has 5 nitrogen and oxygen atoms in total. The molecule has 0 amide bonds. The minimum Gasteiger partial charge on any atom is -0.481 e. The third-order valence-electron chi connectivity index (χ3n) is 5.00. The maximum atomic E-state index is 14.2. The number of alkyl halides is 2. The van der Waals surface area contributed by atoms with Crippen molar-refractivity contribution in [3.8, 4) is 5.75 Å². The molecule has 1 atom stereocenters. The van der Waals surface area contributed by atoms with Crippen LogP contribution in [0.4, 0.5) is 13.2 Å². The molecule has 0 saturated carbocycles. The van der Waals surface area contributed by atoms with Crippen LogP contribution in [0.3, 0.4) is 0 Å². The number of methoxy groups -OCH3 is 1. The van der Waals surface area contributed by atoms with Gasteiger partial charge in [-0.15, -0.1) is 0 Å². The Bertz CT molecular complexity index is 1160. The van der Waals surface area contributed by atoms with Crippen LogP contribution in [-0.4, -0.2) is 36.6 Å². The normalized spacial score (nSPS) is 13.7. The molecule has 0 radical (unpaired) electrons. The van der Waals surface area contributed by atoms with Gasteiger partial charge in [-0.25, -0.2) is 9.37 Å². The number of benzene rings is 1. The van der Waals surface area contributed by atoms with Crippen LogP contribution in [0, 0.1) is 5.82 Å². The number of nitrogens with zero attached hydrogens (tertiary/aromatic N) is 2. The third kappa shape index (κ3) is 4.39. The molecular formula is C22H21ClF3N3O2. The quantitative estimate of drug-likeness (QED) is 0.359. The number of fused-ring (bicyclic) bond motifs is 1. The largest absolute Gasteiger partial charge is 0.481 e. The van der Waals surface area contributed by atoms with E-state index in [-0.39, 0.29) is 16.3 Å². The van der Waals surface area contributed by atoms with E-state index < -0.39 is 18.3 Å². The first-order valence-corrected chi connectivity index (χ1v) is 9.77. The Morgan fingerprint density at radius 3 is 2.68 bits per heavy atom. The molecule has 0 aliphatic carbocycles. The standard InChI is InChI=1S/C22H21ClF3N3O2/c1-5-13(21(27-3)30-4)12-8-14-15(10-29-20(14)28-9-12)11(2)18-17(31-22(25)26)7-6-16(24)19(18)23/h5-11,22H,1-4H3,(H,28,29)/b13-5-,27-21?. The summed E-state index contributed by atoms with van der Waals surface area (Å²) in [6, 6.07) is 4.03. The predicted octanol–water partition coefficient (Wildman–Crippen LogP) is 6.19. The predicted molar refractivity (Wildman–Crippen MR) is 116 cm³/mol. The lowest BCUT2D eigenvalue weighted by atomic mass is 9.91. The van der Waals surface area contributed by atoms with E-state index in [1.165, 1.54) is 7.11 Å². The number of nitrogens with one attached hydrogen (secondary N) is 1. The zero-order chi connectivity index (χ0) is 22.7. The summed E-state index contributed by atoms with van der Waals surface area (Å²) < 4.78 is 49.9. The summed E-state index contributed by atoms with van der Waals surface area (Å²) in [7, 11) is 3.15. The number of allylic oxidation sites excluding steroid dienone is 1. The van der Waals surface area contributed by atoms with Crippen LogP contribution in [0.25, 0.3) is 16.6 Å². The summed E-state index contributed by atoms with van der Waals surface area (Å²) in [5, 5.41) is 0.456. The van der Waals surface area contributed by atoms with E-state index in [1.54, 1.807) is 26.4 Å². The molecule has 3 aromatic rings. The first-order valence-electron chi connectivity index (χ1n) is 9.39. The Labute approximate surface area is 182 Å². The number of aliphatic imine (C=N–C) groups is 1. The van der Waals surface area contributed by atoms with Gasteiger partial charge >= 0.3 is 6.61 Å². The van der Waals surface area contributed by atoms with Crippen LogP contribution < -0.4 is 4.74 Å². The van der Waals surface area contributed by atoms with Gasteiger partial charge in [0, 0.05) is 47.4 Å². The van der Waals surface area contributed by atoms with Gasteiger partial charge in [0.1, 0.15) is 17.2 Å². The maximum Gasteiger partial charge on any atom is 0.387 e. The Balaban J connectivity index is 2.15. The van der Waals surface area contributed by atoms with Crippen LogP contribution in [0.15, 0.2) is 41.7 Å². The number of rotatable bonds is 6. The maximum absolute atomic E-state index is 14.2. The summed E-state index contributed by atoms with van der Waals surface area (Å²) in [6.45, 7) is 0.519. The van der Waals surface area contributed by atoms with Crippen LogP contribution >= 0.6 is 11.6 Å². The Morgan fingerprint density at radius 2 is 2.06 bits per heavy atom. The molecule has 3 rings (SSSR count). The molecule has 0 saturated heterocycles.